The third kappa shape index (κ3) is 6.06. The first-order chi connectivity index (χ1) is 9.17. The van der Waals surface area contributed by atoms with Crippen molar-refractivity contribution in [1.29, 1.82) is 0 Å². The van der Waals surface area contributed by atoms with Gasteiger partial charge in [-0.15, -0.1) is 0 Å². The fourth-order valence-corrected chi connectivity index (χ4v) is 1.75. The average molecular weight is 279 g/mol. The molecule has 1 amide bonds. The molecule has 0 aliphatic rings. The molecule has 0 spiro atoms. The summed E-state index contributed by atoms with van der Waals surface area (Å²) >= 11 is 0. The summed E-state index contributed by atoms with van der Waals surface area (Å²) in [6.07, 6.45) is -0.230. The van der Waals surface area contributed by atoms with Gasteiger partial charge in [-0.1, -0.05) is 12.1 Å². The molecule has 1 unspecified atom stereocenters. The number of rotatable bonds is 4. The maximum absolute atomic E-state index is 11.6. The van der Waals surface area contributed by atoms with Crippen molar-refractivity contribution in [3.8, 4) is 0 Å². The molecule has 4 nitrogen and oxygen atoms in total. The number of carbonyl (C=O) groups is 1. The van der Waals surface area contributed by atoms with Crippen LogP contribution in [0.15, 0.2) is 24.3 Å². The summed E-state index contributed by atoms with van der Waals surface area (Å²) in [4.78, 5) is 11.6. The van der Waals surface area contributed by atoms with E-state index in [4.69, 9.17) is 9.47 Å². The lowest BCUT2D eigenvalue weighted by atomic mass is 10.1. The van der Waals surface area contributed by atoms with Crippen LogP contribution < -0.4 is 5.32 Å². The van der Waals surface area contributed by atoms with Gasteiger partial charge in [-0.3, -0.25) is 5.32 Å². The Kier molecular flexibility index (Phi) is 5.57. The molecule has 1 aromatic rings. The second kappa shape index (κ2) is 6.75. The highest BCUT2D eigenvalue weighted by Crippen LogP contribution is 2.21. The lowest BCUT2D eigenvalue weighted by molar-refractivity contribution is 0.0178. The molecule has 1 rings (SSSR count). The maximum Gasteiger partial charge on any atom is 0.412 e. The topological polar surface area (TPSA) is 47.6 Å². The highest BCUT2D eigenvalue weighted by Gasteiger charge is 2.16. The molecule has 112 valence electrons. The summed E-state index contributed by atoms with van der Waals surface area (Å²) in [7, 11) is 0. The van der Waals surface area contributed by atoms with Crippen LogP contribution in [-0.2, 0) is 9.47 Å². The van der Waals surface area contributed by atoms with Crippen LogP contribution in [0.4, 0.5) is 10.5 Å². The van der Waals surface area contributed by atoms with E-state index in [0.29, 0.717) is 5.69 Å². The SMILES string of the molecule is CC(C)OC(C)c1ccc(NC(=O)OC(C)(C)C)cc1. The first-order valence-corrected chi connectivity index (χ1v) is 6.93. The van der Waals surface area contributed by atoms with Gasteiger partial charge in [-0.2, -0.15) is 0 Å². The molecule has 0 saturated heterocycles. The smallest absolute Gasteiger partial charge is 0.412 e. The Morgan fingerprint density at radius 1 is 1.10 bits per heavy atom. The van der Waals surface area contributed by atoms with E-state index >= 15 is 0 Å². The fraction of sp³-hybridized carbons (Fsp3) is 0.562. The van der Waals surface area contributed by atoms with Crippen molar-refractivity contribution in [2.45, 2.75) is 59.4 Å². The number of ether oxygens (including phenoxy) is 2. The number of benzene rings is 1. The predicted molar refractivity (Wildman–Crippen MR) is 80.9 cm³/mol. The number of anilines is 1. The monoisotopic (exact) mass is 279 g/mol. The van der Waals surface area contributed by atoms with Crippen LogP contribution >= 0.6 is 0 Å². The van der Waals surface area contributed by atoms with Crippen molar-refractivity contribution in [3.63, 3.8) is 0 Å². The second-order valence-corrected chi connectivity index (χ2v) is 6.08. The lowest BCUT2D eigenvalue weighted by Crippen LogP contribution is -2.27. The van der Waals surface area contributed by atoms with E-state index in [9.17, 15) is 4.79 Å². The zero-order chi connectivity index (χ0) is 15.3. The second-order valence-electron chi connectivity index (χ2n) is 6.08. The Morgan fingerprint density at radius 2 is 1.65 bits per heavy atom. The number of hydrogen-bond donors (Lipinski definition) is 1. The van der Waals surface area contributed by atoms with E-state index in [1.165, 1.54) is 0 Å². The summed E-state index contributed by atoms with van der Waals surface area (Å²) in [6.45, 7) is 11.5. The maximum atomic E-state index is 11.6. The third-order valence-electron chi connectivity index (χ3n) is 2.50. The highest BCUT2D eigenvalue weighted by molar-refractivity contribution is 5.84. The molecule has 0 aliphatic carbocycles. The number of hydrogen-bond acceptors (Lipinski definition) is 3. The van der Waals surface area contributed by atoms with Crippen LogP contribution in [0, 0.1) is 0 Å². The molecule has 0 aromatic heterocycles. The number of amides is 1. The molecular weight excluding hydrogens is 254 g/mol. The molecule has 0 radical (unpaired) electrons. The Bertz CT molecular complexity index is 432. The zero-order valence-electron chi connectivity index (χ0n) is 13.2. The van der Waals surface area contributed by atoms with Gasteiger partial charge >= 0.3 is 6.09 Å². The minimum Gasteiger partial charge on any atom is -0.444 e. The van der Waals surface area contributed by atoms with Gasteiger partial charge in [-0.05, 0) is 59.2 Å². The minimum absolute atomic E-state index is 0.0329. The van der Waals surface area contributed by atoms with E-state index in [1.807, 2.05) is 65.8 Å². The van der Waals surface area contributed by atoms with Gasteiger partial charge in [-0.25, -0.2) is 4.79 Å². The first-order valence-electron chi connectivity index (χ1n) is 6.93. The highest BCUT2D eigenvalue weighted by atomic mass is 16.6. The van der Waals surface area contributed by atoms with Gasteiger partial charge in [0.15, 0.2) is 0 Å². The molecule has 4 heteroatoms. The van der Waals surface area contributed by atoms with E-state index in [-0.39, 0.29) is 12.2 Å². The standard InChI is InChI=1S/C16H25NO3/c1-11(2)19-12(3)13-7-9-14(10-8-13)17-15(18)20-16(4,5)6/h7-12H,1-6H3,(H,17,18). The summed E-state index contributed by atoms with van der Waals surface area (Å²) in [6, 6.07) is 7.58. The normalized spacial score (nSPS) is 13.2. The van der Waals surface area contributed by atoms with Crippen LogP contribution in [0.5, 0.6) is 0 Å². The summed E-state index contributed by atoms with van der Waals surface area (Å²) in [5, 5.41) is 2.70. The summed E-state index contributed by atoms with van der Waals surface area (Å²) in [5.74, 6) is 0. The fourth-order valence-electron chi connectivity index (χ4n) is 1.75. The molecule has 0 heterocycles. The van der Waals surface area contributed by atoms with Crippen LogP contribution in [0.3, 0.4) is 0 Å². The van der Waals surface area contributed by atoms with Crippen molar-refractivity contribution in [2.75, 3.05) is 5.32 Å². The zero-order valence-corrected chi connectivity index (χ0v) is 13.2. The van der Waals surface area contributed by atoms with E-state index in [2.05, 4.69) is 5.32 Å². The average Bonchev–Trinajstić information content (AvgIpc) is 2.26. The summed E-state index contributed by atoms with van der Waals surface area (Å²) < 4.78 is 10.9. The van der Waals surface area contributed by atoms with E-state index in [1.54, 1.807) is 0 Å². The molecule has 1 N–H and O–H groups in total. The number of carbonyl (C=O) groups excluding carboxylic acids is 1. The predicted octanol–water partition coefficient (Wildman–Crippen LogP) is 4.52. The van der Waals surface area contributed by atoms with Crippen molar-refractivity contribution in [2.24, 2.45) is 0 Å². The number of nitrogens with one attached hydrogen (secondary N) is 1. The van der Waals surface area contributed by atoms with E-state index in [0.717, 1.165) is 5.56 Å². The molecule has 0 aliphatic heterocycles. The Morgan fingerprint density at radius 3 is 2.10 bits per heavy atom. The largest absolute Gasteiger partial charge is 0.444 e. The van der Waals surface area contributed by atoms with Crippen molar-refractivity contribution < 1.29 is 14.3 Å². The van der Waals surface area contributed by atoms with Crippen LogP contribution in [0.1, 0.15) is 53.2 Å². The van der Waals surface area contributed by atoms with Crippen molar-refractivity contribution in [3.05, 3.63) is 29.8 Å². The lowest BCUT2D eigenvalue weighted by Gasteiger charge is -2.20. The molecule has 0 fully saturated rings. The van der Waals surface area contributed by atoms with Crippen molar-refractivity contribution >= 4 is 11.8 Å². The molecule has 0 bridgehead atoms. The van der Waals surface area contributed by atoms with Gasteiger partial charge < -0.3 is 9.47 Å². The first kappa shape index (κ1) is 16.5. The van der Waals surface area contributed by atoms with Crippen LogP contribution in [0.25, 0.3) is 0 Å². The molecule has 0 saturated carbocycles. The quantitative estimate of drug-likeness (QED) is 0.881. The molecule has 1 atom stereocenters. The molecular formula is C16H25NO3. The molecule has 1 aromatic carbocycles. The minimum atomic E-state index is -0.496. The Hall–Kier alpha value is -1.55. The van der Waals surface area contributed by atoms with Gasteiger partial charge in [0.05, 0.1) is 12.2 Å². The molecule has 20 heavy (non-hydrogen) atoms. The summed E-state index contributed by atoms with van der Waals surface area (Å²) in [5.41, 5.74) is 1.29. The Balaban J connectivity index is 2.61. The van der Waals surface area contributed by atoms with Crippen LogP contribution in [-0.4, -0.2) is 17.8 Å². The van der Waals surface area contributed by atoms with Gasteiger partial charge in [0.25, 0.3) is 0 Å². The van der Waals surface area contributed by atoms with Gasteiger partial charge in [0.1, 0.15) is 5.60 Å². The van der Waals surface area contributed by atoms with Crippen LogP contribution in [0.2, 0.25) is 0 Å². The third-order valence-corrected chi connectivity index (χ3v) is 2.50. The Labute approximate surface area is 121 Å². The van der Waals surface area contributed by atoms with E-state index < -0.39 is 11.7 Å². The van der Waals surface area contributed by atoms with Gasteiger partial charge in [0.2, 0.25) is 0 Å². The van der Waals surface area contributed by atoms with Crippen molar-refractivity contribution in [1.82, 2.24) is 0 Å². The van der Waals surface area contributed by atoms with Gasteiger partial charge in [0, 0.05) is 5.69 Å².